The van der Waals surface area contributed by atoms with Crippen molar-refractivity contribution in [2.75, 3.05) is 18.0 Å². The lowest BCUT2D eigenvalue weighted by atomic mass is 9.95. The lowest BCUT2D eigenvalue weighted by Gasteiger charge is -2.32. The minimum Gasteiger partial charge on any atom is -0.355 e. The predicted molar refractivity (Wildman–Crippen MR) is 112 cm³/mol. The number of alkyl halides is 3. The molecule has 4 rings (SSSR count). The van der Waals surface area contributed by atoms with Crippen LogP contribution in [0.5, 0.6) is 0 Å². The molecule has 168 valence electrons. The van der Waals surface area contributed by atoms with Gasteiger partial charge in [-0.3, -0.25) is 4.79 Å². The van der Waals surface area contributed by atoms with Crippen molar-refractivity contribution >= 4 is 23.3 Å². The van der Waals surface area contributed by atoms with E-state index in [9.17, 15) is 18.0 Å². The third kappa shape index (κ3) is 4.85. The Morgan fingerprint density at radius 2 is 1.94 bits per heavy atom. The third-order valence-electron chi connectivity index (χ3n) is 5.36. The molecule has 1 aliphatic rings. The summed E-state index contributed by atoms with van der Waals surface area (Å²) in [5, 5.41) is 7.09. The number of nitrogens with one attached hydrogen (secondary N) is 1. The zero-order valence-electron chi connectivity index (χ0n) is 16.9. The normalized spacial score (nSPS) is 15.1. The molecule has 0 aliphatic carbocycles. The topological polar surface area (TPSA) is 75.9 Å². The third-order valence-corrected chi connectivity index (χ3v) is 5.63. The first kappa shape index (κ1) is 22.1. The molecule has 0 unspecified atom stereocenters. The molecular weight excluding hydrogens is 445 g/mol. The summed E-state index contributed by atoms with van der Waals surface area (Å²) in [5.74, 6) is 0.670. The second-order valence-electron chi connectivity index (χ2n) is 7.44. The second-order valence-corrected chi connectivity index (χ2v) is 7.85. The number of hydrogen-bond acceptors (Lipinski definition) is 5. The number of pyridine rings is 2. The summed E-state index contributed by atoms with van der Waals surface area (Å²) in [5.41, 5.74) is -0.0480. The van der Waals surface area contributed by atoms with Crippen molar-refractivity contribution in [3.8, 4) is 5.82 Å². The first-order chi connectivity index (χ1) is 15.3. The molecule has 0 radical (unpaired) electrons. The van der Waals surface area contributed by atoms with Crippen LogP contribution >= 0.6 is 11.6 Å². The standard InChI is InChI=1S/C21H20ClF3N6O/c22-17-11-16(21(23,24)25)13-27-19(17)30-9-4-14(5-10-30)20(32)28-12-15-3-1-6-26-18(15)31-8-2-7-29-31/h1-3,6-8,11,13-14H,4-5,9-10,12H2,(H,28,32). The Bertz CT molecular complexity index is 1080. The maximum absolute atomic E-state index is 12.8. The lowest BCUT2D eigenvalue weighted by molar-refractivity contribution is -0.137. The molecule has 3 aromatic heterocycles. The Morgan fingerprint density at radius 1 is 1.16 bits per heavy atom. The van der Waals surface area contributed by atoms with E-state index in [-0.39, 0.29) is 16.8 Å². The van der Waals surface area contributed by atoms with Gasteiger partial charge >= 0.3 is 6.18 Å². The van der Waals surface area contributed by atoms with Crippen molar-refractivity contribution in [2.45, 2.75) is 25.6 Å². The van der Waals surface area contributed by atoms with Gasteiger partial charge in [0.2, 0.25) is 5.91 Å². The van der Waals surface area contributed by atoms with Crippen LogP contribution in [-0.4, -0.2) is 38.7 Å². The summed E-state index contributed by atoms with van der Waals surface area (Å²) in [6, 6.07) is 6.36. The number of anilines is 1. The van der Waals surface area contributed by atoms with Gasteiger partial charge in [-0.2, -0.15) is 18.3 Å². The van der Waals surface area contributed by atoms with Gasteiger partial charge in [-0.25, -0.2) is 14.6 Å². The number of nitrogens with zero attached hydrogens (tertiary/aromatic N) is 5. The Kier molecular flexibility index (Phi) is 6.31. The fraction of sp³-hybridized carbons (Fsp3) is 0.333. The second kappa shape index (κ2) is 9.15. The van der Waals surface area contributed by atoms with Crippen molar-refractivity contribution < 1.29 is 18.0 Å². The van der Waals surface area contributed by atoms with Crippen molar-refractivity contribution in [1.82, 2.24) is 25.1 Å². The molecule has 0 aromatic carbocycles. The van der Waals surface area contributed by atoms with Crippen molar-refractivity contribution in [3.05, 3.63) is 65.2 Å². The van der Waals surface area contributed by atoms with Crippen LogP contribution in [0.15, 0.2) is 49.1 Å². The van der Waals surface area contributed by atoms with Gasteiger partial charge in [0.15, 0.2) is 5.82 Å². The van der Waals surface area contributed by atoms with E-state index in [4.69, 9.17) is 11.6 Å². The van der Waals surface area contributed by atoms with Crippen molar-refractivity contribution in [3.63, 3.8) is 0 Å². The molecule has 1 amide bonds. The van der Waals surface area contributed by atoms with E-state index in [1.165, 1.54) is 0 Å². The predicted octanol–water partition coefficient (Wildman–Crippen LogP) is 3.87. The molecule has 0 bridgehead atoms. The van der Waals surface area contributed by atoms with Crippen LogP contribution < -0.4 is 10.2 Å². The molecule has 1 fully saturated rings. The minimum absolute atomic E-state index is 0.0505. The van der Waals surface area contributed by atoms with E-state index in [0.29, 0.717) is 44.1 Å². The van der Waals surface area contributed by atoms with Crippen LogP contribution in [0.3, 0.4) is 0 Å². The first-order valence-corrected chi connectivity index (χ1v) is 10.4. The summed E-state index contributed by atoms with van der Waals surface area (Å²) in [6.07, 6.45) is 2.48. The highest BCUT2D eigenvalue weighted by molar-refractivity contribution is 6.33. The van der Waals surface area contributed by atoms with Crippen LogP contribution in [0, 0.1) is 5.92 Å². The maximum Gasteiger partial charge on any atom is 0.417 e. The van der Waals surface area contributed by atoms with E-state index in [2.05, 4.69) is 20.4 Å². The summed E-state index contributed by atoms with van der Waals surface area (Å²) in [6.45, 7) is 1.26. The molecule has 32 heavy (non-hydrogen) atoms. The fourth-order valence-corrected chi connectivity index (χ4v) is 3.95. The molecule has 11 heteroatoms. The molecule has 3 aromatic rings. The zero-order valence-corrected chi connectivity index (χ0v) is 17.6. The fourth-order valence-electron chi connectivity index (χ4n) is 3.67. The van der Waals surface area contributed by atoms with E-state index in [1.54, 1.807) is 35.4 Å². The van der Waals surface area contributed by atoms with Gasteiger partial charge < -0.3 is 10.2 Å². The molecule has 0 spiro atoms. The van der Waals surface area contributed by atoms with E-state index >= 15 is 0 Å². The molecule has 4 heterocycles. The Balaban J connectivity index is 1.34. The summed E-state index contributed by atoms with van der Waals surface area (Å²) in [7, 11) is 0. The molecule has 1 aliphatic heterocycles. The number of carbonyl (C=O) groups excluding carboxylic acids is 1. The number of hydrogen-bond donors (Lipinski definition) is 1. The minimum atomic E-state index is -4.49. The van der Waals surface area contributed by atoms with Crippen LogP contribution in [0.2, 0.25) is 5.02 Å². The summed E-state index contributed by atoms with van der Waals surface area (Å²) in [4.78, 5) is 22.7. The van der Waals surface area contributed by atoms with Crippen LogP contribution in [-0.2, 0) is 17.5 Å². The van der Waals surface area contributed by atoms with Gasteiger partial charge in [-0.15, -0.1) is 0 Å². The Labute approximate surface area is 187 Å². The average molecular weight is 465 g/mol. The lowest BCUT2D eigenvalue weighted by Crippen LogP contribution is -2.41. The van der Waals surface area contributed by atoms with Gasteiger partial charge in [0, 0.05) is 55.9 Å². The highest BCUT2D eigenvalue weighted by Crippen LogP contribution is 2.34. The number of aromatic nitrogens is 4. The molecule has 0 atom stereocenters. The number of rotatable bonds is 5. The van der Waals surface area contributed by atoms with Gasteiger partial charge in [-0.05, 0) is 31.0 Å². The van der Waals surface area contributed by atoms with E-state index in [0.717, 1.165) is 17.8 Å². The smallest absolute Gasteiger partial charge is 0.355 e. The number of piperidine rings is 1. The first-order valence-electron chi connectivity index (χ1n) is 10.0. The quantitative estimate of drug-likeness (QED) is 0.620. The van der Waals surface area contributed by atoms with Gasteiger partial charge in [0.25, 0.3) is 0 Å². The summed E-state index contributed by atoms with van der Waals surface area (Å²) < 4.78 is 40.1. The Morgan fingerprint density at radius 3 is 2.59 bits per heavy atom. The summed E-state index contributed by atoms with van der Waals surface area (Å²) >= 11 is 6.05. The zero-order chi connectivity index (χ0) is 22.7. The molecule has 1 saturated heterocycles. The number of amides is 1. The highest BCUT2D eigenvalue weighted by atomic mass is 35.5. The highest BCUT2D eigenvalue weighted by Gasteiger charge is 2.33. The van der Waals surface area contributed by atoms with E-state index in [1.807, 2.05) is 11.0 Å². The van der Waals surface area contributed by atoms with Crippen LogP contribution in [0.25, 0.3) is 5.82 Å². The molecule has 1 N–H and O–H groups in total. The average Bonchev–Trinajstić information content (AvgIpc) is 3.32. The van der Waals surface area contributed by atoms with Crippen LogP contribution in [0.4, 0.5) is 19.0 Å². The van der Waals surface area contributed by atoms with Crippen molar-refractivity contribution in [2.24, 2.45) is 5.92 Å². The largest absolute Gasteiger partial charge is 0.417 e. The van der Waals surface area contributed by atoms with Crippen molar-refractivity contribution in [1.29, 1.82) is 0 Å². The van der Waals surface area contributed by atoms with E-state index < -0.39 is 11.7 Å². The Hall–Kier alpha value is -3.14. The van der Waals surface area contributed by atoms with Crippen LogP contribution in [0.1, 0.15) is 24.0 Å². The molecular formula is C21H20ClF3N6O. The molecule has 0 saturated carbocycles. The van der Waals surface area contributed by atoms with Gasteiger partial charge in [-0.1, -0.05) is 17.7 Å². The SMILES string of the molecule is O=C(NCc1cccnc1-n1cccn1)C1CCN(c2ncc(C(F)(F)F)cc2Cl)CC1. The van der Waals surface area contributed by atoms with Gasteiger partial charge in [0.05, 0.1) is 10.6 Å². The number of carbonyl (C=O) groups is 1. The van der Waals surface area contributed by atoms with Gasteiger partial charge in [0.1, 0.15) is 5.82 Å². The monoisotopic (exact) mass is 464 g/mol. The number of halogens is 4. The molecule has 7 nitrogen and oxygen atoms in total. The maximum atomic E-state index is 12.8.